The van der Waals surface area contributed by atoms with E-state index in [1.54, 1.807) is 6.07 Å². The fourth-order valence-electron chi connectivity index (χ4n) is 1.55. The molecule has 0 unspecified atom stereocenters. The molecular formula is C12H16F3N3O2S. The largest absolute Gasteiger partial charge is 0.441 e. The summed E-state index contributed by atoms with van der Waals surface area (Å²) in [5.41, 5.74) is -3.39. The van der Waals surface area contributed by atoms with Crippen LogP contribution in [0.15, 0.2) is 18.2 Å². The van der Waals surface area contributed by atoms with E-state index in [2.05, 4.69) is 10.6 Å². The Balaban J connectivity index is 2.67. The van der Waals surface area contributed by atoms with Gasteiger partial charge in [0, 0.05) is 42.3 Å². The van der Waals surface area contributed by atoms with Crippen molar-refractivity contribution in [1.82, 2.24) is 0 Å². The third kappa shape index (κ3) is 7.07. The van der Waals surface area contributed by atoms with Crippen LogP contribution in [0, 0.1) is 10.1 Å². The van der Waals surface area contributed by atoms with Crippen LogP contribution < -0.4 is 10.6 Å². The highest BCUT2D eigenvalue weighted by Gasteiger charge is 2.27. The van der Waals surface area contributed by atoms with E-state index in [1.165, 1.54) is 12.1 Å². The van der Waals surface area contributed by atoms with Crippen LogP contribution in [0.4, 0.5) is 30.2 Å². The molecule has 0 spiro atoms. The number of benzene rings is 1. The van der Waals surface area contributed by atoms with Gasteiger partial charge in [0.05, 0.1) is 4.92 Å². The van der Waals surface area contributed by atoms with Gasteiger partial charge in [-0.1, -0.05) is 6.92 Å². The number of nitrogens with zero attached hydrogens (tertiary/aromatic N) is 1. The van der Waals surface area contributed by atoms with Crippen molar-refractivity contribution >= 4 is 28.8 Å². The summed E-state index contributed by atoms with van der Waals surface area (Å²) in [5, 5.41) is 16.6. The van der Waals surface area contributed by atoms with Gasteiger partial charge >= 0.3 is 5.51 Å². The van der Waals surface area contributed by atoms with Crippen molar-refractivity contribution in [2.45, 2.75) is 18.9 Å². The van der Waals surface area contributed by atoms with E-state index < -0.39 is 10.4 Å². The summed E-state index contributed by atoms with van der Waals surface area (Å²) < 4.78 is 36.0. The monoisotopic (exact) mass is 323 g/mol. The molecule has 0 amide bonds. The first-order chi connectivity index (χ1) is 9.81. The van der Waals surface area contributed by atoms with Crippen molar-refractivity contribution in [2.75, 3.05) is 29.5 Å². The van der Waals surface area contributed by atoms with Gasteiger partial charge in [-0.3, -0.25) is 10.1 Å². The van der Waals surface area contributed by atoms with Crippen molar-refractivity contribution in [2.24, 2.45) is 0 Å². The number of thioether (sulfide) groups is 1. The van der Waals surface area contributed by atoms with Crippen LogP contribution in [0.5, 0.6) is 0 Å². The van der Waals surface area contributed by atoms with Gasteiger partial charge in [-0.25, -0.2) is 0 Å². The number of non-ortho nitro benzene ring substituents is 1. The highest BCUT2D eigenvalue weighted by molar-refractivity contribution is 8.00. The van der Waals surface area contributed by atoms with E-state index in [9.17, 15) is 23.3 Å². The Morgan fingerprint density at radius 3 is 2.24 bits per heavy atom. The van der Waals surface area contributed by atoms with Gasteiger partial charge in [0.2, 0.25) is 0 Å². The normalized spacial score (nSPS) is 11.2. The SMILES string of the molecule is CCCNc1cc(NCCSC(F)(F)F)cc([N+](=O)[O-])c1. The lowest BCUT2D eigenvalue weighted by Gasteiger charge is -2.10. The first kappa shape index (κ1) is 17.4. The van der Waals surface area contributed by atoms with Gasteiger partial charge < -0.3 is 10.6 Å². The minimum Gasteiger partial charge on any atom is -0.385 e. The van der Waals surface area contributed by atoms with E-state index in [0.29, 0.717) is 17.9 Å². The second-order valence-electron chi connectivity index (χ2n) is 4.17. The van der Waals surface area contributed by atoms with Crippen LogP contribution in [-0.4, -0.2) is 29.3 Å². The Bertz CT molecular complexity index is 483. The van der Waals surface area contributed by atoms with Crippen LogP contribution in [-0.2, 0) is 0 Å². The summed E-state index contributed by atoms with van der Waals surface area (Å²) in [7, 11) is 0. The fraction of sp³-hybridized carbons (Fsp3) is 0.500. The number of hydrogen-bond donors (Lipinski definition) is 2. The molecule has 0 saturated heterocycles. The summed E-state index contributed by atoms with van der Waals surface area (Å²) in [5.74, 6) is -0.163. The lowest BCUT2D eigenvalue weighted by Crippen LogP contribution is -2.10. The first-order valence-electron chi connectivity index (χ1n) is 6.29. The third-order valence-corrected chi connectivity index (χ3v) is 3.14. The van der Waals surface area contributed by atoms with Crippen molar-refractivity contribution in [3.05, 3.63) is 28.3 Å². The molecule has 21 heavy (non-hydrogen) atoms. The van der Waals surface area contributed by atoms with Crippen molar-refractivity contribution < 1.29 is 18.1 Å². The minimum atomic E-state index is -4.27. The van der Waals surface area contributed by atoms with Gasteiger partial charge in [0.25, 0.3) is 5.69 Å². The molecule has 9 heteroatoms. The number of nitro groups is 1. The molecule has 0 radical (unpaired) electrons. The number of halogens is 3. The molecule has 0 bridgehead atoms. The zero-order valence-electron chi connectivity index (χ0n) is 11.4. The van der Waals surface area contributed by atoms with Crippen LogP contribution in [0.3, 0.4) is 0 Å². The van der Waals surface area contributed by atoms with Gasteiger partial charge in [0.15, 0.2) is 0 Å². The summed E-state index contributed by atoms with van der Waals surface area (Å²) in [6, 6.07) is 4.33. The zero-order valence-corrected chi connectivity index (χ0v) is 12.2. The number of alkyl halides is 3. The van der Waals surface area contributed by atoms with Gasteiger partial charge in [-0.2, -0.15) is 13.2 Å². The van der Waals surface area contributed by atoms with E-state index in [-0.39, 0.29) is 29.7 Å². The number of nitrogens with one attached hydrogen (secondary N) is 2. The van der Waals surface area contributed by atoms with E-state index in [1.807, 2.05) is 6.92 Å². The second-order valence-corrected chi connectivity index (χ2v) is 5.33. The van der Waals surface area contributed by atoms with E-state index in [4.69, 9.17) is 0 Å². The average molecular weight is 323 g/mol. The molecule has 0 fully saturated rings. The average Bonchev–Trinajstić information content (AvgIpc) is 2.40. The Morgan fingerprint density at radius 1 is 1.19 bits per heavy atom. The van der Waals surface area contributed by atoms with Crippen LogP contribution in [0.1, 0.15) is 13.3 Å². The van der Waals surface area contributed by atoms with Gasteiger partial charge in [0.1, 0.15) is 0 Å². The Morgan fingerprint density at radius 2 is 1.76 bits per heavy atom. The molecule has 1 aromatic rings. The maximum atomic E-state index is 12.0. The molecule has 0 aliphatic heterocycles. The molecule has 0 aliphatic rings. The zero-order chi connectivity index (χ0) is 15.9. The van der Waals surface area contributed by atoms with E-state index in [0.717, 1.165) is 6.42 Å². The quantitative estimate of drug-likeness (QED) is 0.429. The van der Waals surface area contributed by atoms with E-state index >= 15 is 0 Å². The predicted octanol–water partition coefficient (Wildman–Crippen LogP) is 4.08. The minimum absolute atomic E-state index is 0.0680. The topological polar surface area (TPSA) is 67.2 Å². The fourth-order valence-corrected chi connectivity index (χ4v) is 1.99. The standard InChI is InChI=1S/C12H16F3N3O2S/c1-2-3-16-9-6-10(8-11(7-9)18(19)20)17-4-5-21-12(13,14)15/h6-8,16-17H,2-5H2,1H3. The number of hydrogen-bond acceptors (Lipinski definition) is 5. The van der Waals surface area contributed by atoms with Crippen LogP contribution in [0.2, 0.25) is 0 Å². The van der Waals surface area contributed by atoms with Gasteiger partial charge in [-0.05, 0) is 24.2 Å². The molecule has 0 aliphatic carbocycles. The molecule has 5 nitrogen and oxygen atoms in total. The van der Waals surface area contributed by atoms with Crippen molar-refractivity contribution in [1.29, 1.82) is 0 Å². The molecule has 0 heterocycles. The number of rotatable bonds is 8. The highest BCUT2D eigenvalue weighted by Crippen LogP contribution is 2.30. The second kappa shape index (κ2) is 7.96. The molecule has 0 saturated carbocycles. The molecule has 0 aromatic heterocycles. The van der Waals surface area contributed by atoms with Crippen LogP contribution >= 0.6 is 11.8 Å². The number of anilines is 2. The lowest BCUT2D eigenvalue weighted by molar-refractivity contribution is -0.384. The molecule has 1 aromatic carbocycles. The Hall–Kier alpha value is -1.64. The Labute approximate surface area is 124 Å². The third-order valence-electron chi connectivity index (χ3n) is 2.40. The molecule has 0 atom stereocenters. The first-order valence-corrected chi connectivity index (χ1v) is 7.28. The molecular weight excluding hydrogens is 307 g/mol. The number of nitro benzene ring substituents is 1. The molecule has 2 N–H and O–H groups in total. The van der Waals surface area contributed by atoms with Crippen molar-refractivity contribution in [3.63, 3.8) is 0 Å². The van der Waals surface area contributed by atoms with Crippen LogP contribution in [0.25, 0.3) is 0 Å². The molecule has 118 valence electrons. The highest BCUT2D eigenvalue weighted by atomic mass is 32.2. The lowest BCUT2D eigenvalue weighted by atomic mass is 10.2. The van der Waals surface area contributed by atoms with Gasteiger partial charge in [-0.15, -0.1) is 0 Å². The maximum Gasteiger partial charge on any atom is 0.441 e. The smallest absolute Gasteiger partial charge is 0.385 e. The summed E-state index contributed by atoms with van der Waals surface area (Å²) in [6.45, 7) is 2.68. The van der Waals surface area contributed by atoms with Crippen molar-refractivity contribution in [3.8, 4) is 0 Å². The maximum absolute atomic E-state index is 12.0. The summed E-state index contributed by atoms with van der Waals surface area (Å²) in [4.78, 5) is 10.3. The predicted molar refractivity (Wildman–Crippen MR) is 78.9 cm³/mol. The summed E-state index contributed by atoms with van der Waals surface area (Å²) >= 11 is -0.131. The molecule has 1 rings (SSSR count). The summed E-state index contributed by atoms with van der Waals surface area (Å²) in [6.07, 6.45) is 0.855. The Kier molecular flexibility index (Phi) is 6.60.